The van der Waals surface area contributed by atoms with Gasteiger partial charge in [0, 0.05) is 11.8 Å². The van der Waals surface area contributed by atoms with Crippen LogP contribution in [-0.2, 0) is 0 Å². The molecule has 4 heteroatoms. The third-order valence-corrected chi connectivity index (χ3v) is 1.29. The monoisotopic (exact) mass is 177 g/mol. The average Bonchev–Trinajstić information content (AvgIpc) is 2.15. The molecule has 0 spiro atoms. The number of aliphatic hydroxyl groups is 1. The summed E-state index contributed by atoms with van der Waals surface area (Å²) in [6, 6.07) is 2.91. The molecule has 0 radical (unpaired) electrons. The fraction of sp³-hybridized carbons (Fsp3) is 0.111. The summed E-state index contributed by atoms with van der Waals surface area (Å²) in [7, 11) is 0. The van der Waals surface area contributed by atoms with Crippen molar-refractivity contribution in [3.05, 3.63) is 29.6 Å². The predicted molar refractivity (Wildman–Crippen MR) is 45.2 cm³/mol. The molecule has 0 aliphatic heterocycles. The van der Waals surface area contributed by atoms with Crippen molar-refractivity contribution in [2.24, 2.45) is 0 Å². The molecule has 0 unspecified atom stereocenters. The second-order valence-electron chi connectivity index (χ2n) is 2.20. The molecule has 66 valence electrons. The summed E-state index contributed by atoms with van der Waals surface area (Å²) in [5, 5.41) is 16.9. The third kappa shape index (κ3) is 2.58. The van der Waals surface area contributed by atoms with Crippen LogP contribution in [0.15, 0.2) is 18.3 Å². The molecule has 0 saturated heterocycles. The Kier molecular flexibility index (Phi) is 3.01. The van der Waals surface area contributed by atoms with Gasteiger partial charge in [0.25, 0.3) is 0 Å². The van der Waals surface area contributed by atoms with Gasteiger partial charge in [0.2, 0.25) is 0 Å². The number of aromatic nitrogens is 1. The highest BCUT2D eigenvalue weighted by Gasteiger charge is 2.01. The number of carbonyl (C=O) groups is 1. The van der Waals surface area contributed by atoms with E-state index in [9.17, 15) is 4.79 Å². The number of pyridine rings is 1. The molecular weight excluding hydrogens is 170 g/mol. The van der Waals surface area contributed by atoms with E-state index in [-0.39, 0.29) is 12.3 Å². The lowest BCUT2D eigenvalue weighted by Crippen LogP contribution is -1.99. The molecular formula is C9H7NO3. The van der Waals surface area contributed by atoms with Gasteiger partial charge in [0.15, 0.2) is 0 Å². The summed E-state index contributed by atoms with van der Waals surface area (Å²) in [6.45, 7) is -0.222. The van der Waals surface area contributed by atoms with Crippen LogP contribution in [0, 0.1) is 11.8 Å². The SMILES string of the molecule is O=C(O)c1ccc(C#CCO)cn1. The van der Waals surface area contributed by atoms with Crippen molar-refractivity contribution in [1.82, 2.24) is 4.98 Å². The van der Waals surface area contributed by atoms with Gasteiger partial charge in [0.05, 0.1) is 0 Å². The van der Waals surface area contributed by atoms with E-state index in [1.807, 2.05) is 0 Å². The van der Waals surface area contributed by atoms with E-state index < -0.39 is 5.97 Å². The Morgan fingerprint density at radius 2 is 2.31 bits per heavy atom. The van der Waals surface area contributed by atoms with Gasteiger partial charge < -0.3 is 10.2 Å². The fourth-order valence-electron chi connectivity index (χ4n) is 0.736. The first kappa shape index (κ1) is 9.23. The standard InChI is InChI=1S/C9H7NO3/c11-5-1-2-7-3-4-8(9(12)13)10-6-7/h3-4,6,11H,5H2,(H,12,13). The summed E-state index contributed by atoms with van der Waals surface area (Å²) < 4.78 is 0. The van der Waals surface area contributed by atoms with Crippen LogP contribution in [0.2, 0.25) is 0 Å². The minimum Gasteiger partial charge on any atom is -0.477 e. The average molecular weight is 177 g/mol. The molecule has 0 aliphatic rings. The van der Waals surface area contributed by atoms with Crippen molar-refractivity contribution in [3.63, 3.8) is 0 Å². The molecule has 0 fully saturated rings. The highest BCUT2D eigenvalue weighted by Crippen LogP contribution is 1.98. The largest absolute Gasteiger partial charge is 0.477 e. The zero-order chi connectivity index (χ0) is 9.68. The maximum Gasteiger partial charge on any atom is 0.354 e. The van der Waals surface area contributed by atoms with Crippen molar-refractivity contribution in [2.45, 2.75) is 0 Å². The van der Waals surface area contributed by atoms with Gasteiger partial charge in [-0.1, -0.05) is 11.8 Å². The number of aromatic carboxylic acids is 1. The summed E-state index contributed by atoms with van der Waals surface area (Å²) in [5.41, 5.74) is 0.564. The number of rotatable bonds is 1. The van der Waals surface area contributed by atoms with Gasteiger partial charge in [-0.2, -0.15) is 0 Å². The number of hydrogen-bond donors (Lipinski definition) is 2. The number of carboxylic acids is 1. The second-order valence-corrected chi connectivity index (χ2v) is 2.20. The highest BCUT2D eigenvalue weighted by atomic mass is 16.4. The van der Waals surface area contributed by atoms with Crippen molar-refractivity contribution < 1.29 is 15.0 Å². The first-order valence-corrected chi connectivity index (χ1v) is 3.53. The Morgan fingerprint density at radius 3 is 2.77 bits per heavy atom. The molecule has 2 N–H and O–H groups in total. The number of nitrogens with zero attached hydrogens (tertiary/aromatic N) is 1. The van der Waals surface area contributed by atoms with Crippen LogP contribution >= 0.6 is 0 Å². The van der Waals surface area contributed by atoms with Crippen LogP contribution in [-0.4, -0.2) is 27.8 Å². The van der Waals surface area contributed by atoms with Gasteiger partial charge in [-0.15, -0.1) is 0 Å². The van der Waals surface area contributed by atoms with Crippen molar-refractivity contribution >= 4 is 5.97 Å². The van der Waals surface area contributed by atoms with Crippen molar-refractivity contribution in [1.29, 1.82) is 0 Å². The lowest BCUT2D eigenvalue weighted by molar-refractivity contribution is 0.0690. The van der Waals surface area contributed by atoms with Crippen LogP contribution in [0.1, 0.15) is 16.1 Å². The van der Waals surface area contributed by atoms with Gasteiger partial charge >= 0.3 is 5.97 Å². The molecule has 0 amide bonds. The van der Waals surface area contributed by atoms with Crippen LogP contribution in [0.25, 0.3) is 0 Å². The van der Waals surface area contributed by atoms with Crippen LogP contribution in [0.5, 0.6) is 0 Å². The van der Waals surface area contributed by atoms with Crippen LogP contribution < -0.4 is 0 Å². The summed E-state index contributed by atoms with van der Waals surface area (Å²) >= 11 is 0. The van der Waals surface area contributed by atoms with E-state index in [0.717, 1.165) is 0 Å². The smallest absolute Gasteiger partial charge is 0.354 e. The van der Waals surface area contributed by atoms with Crippen LogP contribution in [0.3, 0.4) is 0 Å². The van der Waals surface area contributed by atoms with E-state index >= 15 is 0 Å². The van der Waals surface area contributed by atoms with Crippen molar-refractivity contribution in [2.75, 3.05) is 6.61 Å². The lowest BCUT2D eigenvalue weighted by Gasteiger charge is -1.92. The molecule has 1 aromatic heterocycles. The van der Waals surface area contributed by atoms with E-state index in [4.69, 9.17) is 10.2 Å². The Hall–Kier alpha value is -1.86. The molecule has 0 bridgehead atoms. The van der Waals surface area contributed by atoms with E-state index in [0.29, 0.717) is 5.56 Å². The molecule has 0 atom stereocenters. The molecule has 0 aromatic carbocycles. The molecule has 13 heavy (non-hydrogen) atoms. The van der Waals surface area contributed by atoms with Crippen LogP contribution in [0.4, 0.5) is 0 Å². The van der Waals surface area contributed by atoms with E-state index in [1.165, 1.54) is 12.3 Å². The quantitative estimate of drug-likeness (QED) is 0.598. The normalized spacial score (nSPS) is 8.69. The third-order valence-electron chi connectivity index (χ3n) is 1.29. The second kappa shape index (κ2) is 4.24. The fourth-order valence-corrected chi connectivity index (χ4v) is 0.736. The Bertz CT molecular complexity index is 359. The number of hydrogen-bond acceptors (Lipinski definition) is 3. The Morgan fingerprint density at radius 1 is 1.54 bits per heavy atom. The van der Waals surface area contributed by atoms with Gasteiger partial charge in [-0.05, 0) is 12.1 Å². The topological polar surface area (TPSA) is 70.4 Å². The van der Waals surface area contributed by atoms with E-state index in [2.05, 4.69) is 16.8 Å². The summed E-state index contributed by atoms with van der Waals surface area (Å²) in [4.78, 5) is 14.0. The summed E-state index contributed by atoms with van der Waals surface area (Å²) in [6.07, 6.45) is 1.35. The molecule has 1 aromatic rings. The molecule has 4 nitrogen and oxygen atoms in total. The first-order chi connectivity index (χ1) is 6.24. The minimum atomic E-state index is -1.07. The first-order valence-electron chi connectivity index (χ1n) is 3.53. The number of aliphatic hydroxyl groups excluding tert-OH is 1. The number of carboxylic acid groups (broad SMARTS) is 1. The van der Waals surface area contributed by atoms with Crippen molar-refractivity contribution in [3.8, 4) is 11.8 Å². The summed E-state index contributed by atoms with van der Waals surface area (Å²) in [5.74, 6) is 3.97. The minimum absolute atomic E-state index is 0.0189. The maximum atomic E-state index is 10.4. The Labute approximate surface area is 74.9 Å². The lowest BCUT2D eigenvalue weighted by atomic mass is 10.2. The van der Waals surface area contributed by atoms with Gasteiger partial charge in [-0.3, -0.25) is 0 Å². The Balaban J connectivity index is 2.87. The molecule has 1 rings (SSSR count). The molecule has 1 heterocycles. The maximum absolute atomic E-state index is 10.4. The molecule has 0 aliphatic carbocycles. The van der Waals surface area contributed by atoms with Gasteiger partial charge in [0.1, 0.15) is 12.3 Å². The van der Waals surface area contributed by atoms with Gasteiger partial charge in [-0.25, -0.2) is 9.78 Å². The highest BCUT2D eigenvalue weighted by molar-refractivity contribution is 5.85. The zero-order valence-corrected chi connectivity index (χ0v) is 6.69. The predicted octanol–water partition coefficient (Wildman–Crippen LogP) is 0.124. The zero-order valence-electron chi connectivity index (χ0n) is 6.69. The van der Waals surface area contributed by atoms with E-state index in [1.54, 1.807) is 6.07 Å². The molecule has 0 saturated carbocycles.